The number of esters is 1. The maximum Gasteiger partial charge on any atom is 0.306 e. The highest BCUT2D eigenvalue weighted by Crippen LogP contribution is 2.75. The summed E-state index contributed by atoms with van der Waals surface area (Å²) in [6.45, 7) is 4.40. The van der Waals surface area contributed by atoms with Crippen molar-refractivity contribution in [3.05, 3.63) is 11.6 Å². The summed E-state index contributed by atoms with van der Waals surface area (Å²) >= 11 is 0. The minimum absolute atomic E-state index is 0.0180. The molecule has 5 aliphatic carbocycles. The largest absolute Gasteiger partial charge is 0.458 e. The van der Waals surface area contributed by atoms with E-state index in [1.54, 1.807) is 0 Å². The molecule has 1 heterocycles. The molecule has 152 valence electrons. The number of carbonyl (C=O) groups excluding carboxylic acids is 3. The van der Waals surface area contributed by atoms with Gasteiger partial charge in [-0.1, -0.05) is 25.5 Å². The zero-order valence-corrected chi connectivity index (χ0v) is 17.1. The average Bonchev–Trinajstić information content (AvgIpc) is 3.31. The lowest BCUT2D eigenvalue weighted by atomic mass is 9.43. The van der Waals surface area contributed by atoms with E-state index >= 15 is 0 Å². The van der Waals surface area contributed by atoms with Gasteiger partial charge >= 0.3 is 5.97 Å². The standard InChI is InChI=1S/C24H27NO4/c1-21-8-5-16(26)19-20(28)13(11-23(19,21)12-25)18-14(21)3-7-22(2)15(18)4-9-24(22)10-6-17(27)29-24/h3,13,15,18-19H,4-11H2,1-2H3/t13?,15?,18?,19?,21-,22+,23?,24?/m1/s1. The average molecular weight is 393 g/mol. The molecular weight excluding hydrogens is 366 g/mol. The summed E-state index contributed by atoms with van der Waals surface area (Å²) in [5, 5.41) is 10.3. The fourth-order valence-corrected chi connectivity index (χ4v) is 8.89. The van der Waals surface area contributed by atoms with Crippen molar-refractivity contribution in [2.45, 2.75) is 70.8 Å². The van der Waals surface area contributed by atoms with Crippen LogP contribution in [0, 0.1) is 51.2 Å². The van der Waals surface area contributed by atoms with Crippen LogP contribution in [-0.2, 0) is 19.1 Å². The molecular formula is C24H27NO4. The normalized spacial score (nSPS) is 54.7. The Labute approximate surface area is 170 Å². The molecule has 6 rings (SSSR count). The Kier molecular flexibility index (Phi) is 3.09. The third kappa shape index (κ3) is 1.67. The minimum atomic E-state index is -0.865. The van der Waals surface area contributed by atoms with Gasteiger partial charge in [0.2, 0.25) is 0 Å². The van der Waals surface area contributed by atoms with E-state index in [1.807, 2.05) is 0 Å². The van der Waals surface area contributed by atoms with E-state index in [4.69, 9.17) is 4.74 Å². The first-order valence-corrected chi connectivity index (χ1v) is 11.1. The molecule has 0 aromatic rings. The van der Waals surface area contributed by atoms with Crippen LogP contribution in [0.1, 0.15) is 65.2 Å². The van der Waals surface area contributed by atoms with Gasteiger partial charge in [-0.3, -0.25) is 14.4 Å². The highest BCUT2D eigenvalue weighted by atomic mass is 16.6. The van der Waals surface area contributed by atoms with Crippen molar-refractivity contribution in [1.29, 1.82) is 5.26 Å². The molecule has 1 saturated heterocycles. The van der Waals surface area contributed by atoms with E-state index in [9.17, 15) is 19.6 Å². The van der Waals surface area contributed by atoms with E-state index in [1.165, 1.54) is 5.57 Å². The van der Waals surface area contributed by atoms with Crippen molar-refractivity contribution < 1.29 is 19.1 Å². The monoisotopic (exact) mass is 393 g/mol. The van der Waals surface area contributed by atoms with Crippen molar-refractivity contribution in [2.24, 2.45) is 39.9 Å². The Morgan fingerprint density at radius 2 is 1.93 bits per heavy atom. The van der Waals surface area contributed by atoms with Gasteiger partial charge < -0.3 is 4.74 Å². The van der Waals surface area contributed by atoms with E-state index in [0.29, 0.717) is 25.7 Å². The Morgan fingerprint density at radius 3 is 2.62 bits per heavy atom. The highest BCUT2D eigenvalue weighted by molar-refractivity contribution is 6.08. The summed E-state index contributed by atoms with van der Waals surface area (Å²) in [6.07, 6.45) is 7.78. The lowest BCUT2D eigenvalue weighted by Crippen LogP contribution is -2.56. The maximum atomic E-state index is 13.5. The van der Waals surface area contributed by atoms with Gasteiger partial charge in [-0.05, 0) is 50.4 Å². The lowest BCUT2D eigenvalue weighted by Gasteiger charge is -2.58. The Balaban J connectivity index is 1.53. The fourth-order valence-electron chi connectivity index (χ4n) is 8.89. The molecule has 0 aromatic carbocycles. The molecule has 8 atom stereocenters. The zero-order chi connectivity index (χ0) is 20.4. The molecule has 29 heavy (non-hydrogen) atoms. The second kappa shape index (κ2) is 5.02. The van der Waals surface area contributed by atoms with Crippen LogP contribution in [0.3, 0.4) is 0 Å². The smallest absolute Gasteiger partial charge is 0.306 e. The molecule has 0 aromatic heterocycles. The molecule has 6 unspecified atom stereocenters. The number of hydrogen-bond acceptors (Lipinski definition) is 5. The summed E-state index contributed by atoms with van der Waals surface area (Å²) in [6, 6.07) is 2.52. The van der Waals surface area contributed by atoms with Gasteiger partial charge in [-0.2, -0.15) is 5.26 Å². The van der Waals surface area contributed by atoms with Gasteiger partial charge in [-0.15, -0.1) is 0 Å². The van der Waals surface area contributed by atoms with Gasteiger partial charge in [-0.25, -0.2) is 0 Å². The molecule has 4 saturated carbocycles. The first-order valence-electron chi connectivity index (χ1n) is 11.1. The topological polar surface area (TPSA) is 84.2 Å². The second-order valence-corrected chi connectivity index (χ2v) is 10.9. The number of nitrogens with zero attached hydrogens (tertiary/aromatic N) is 1. The van der Waals surface area contributed by atoms with Crippen LogP contribution in [0.2, 0.25) is 0 Å². The maximum absolute atomic E-state index is 13.5. The van der Waals surface area contributed by atoms with Gasteiger partial charge in [0.1, 0.15) is 17.2 Å². The second-order valence-electron chi connectivity index (χ2n) is 10.9. The number of carbonyl (C=O) groups is 3. The molecule has 1 spiro atoms. The molecule has 5 fully saturated rings. The molecule has 6 aliphatic rings. The number of rotatable bonds is 0. The van der Waals surface area contributed by atoms with Crippen LogP contribution < -0.4 is 0 Å². The quantitative estimate of drug-likeness (QED) is 0.357. The van der Waals surface area contributed by atoms with Gasteiger partial charge in [0.15, 0.2) is 0 Å². The predicted octanol–water partition coefficient (Wildman–Crippen LogP) is 3.52. The van der Waals surface area contributed by atoms with Crippen molar-refractivity contribution in [3.8, 4) is 6.07 Å². The number of nitriles is 1. The van der Waals surface area contributed by atoms with Crippen LogP contribution >= 0.6 is 0 Å². The Hall–Kier alpha value is -1.96. The number of allylic oxidation sites excluding steroid dienone is 2. The van der Waals surface area contributed by atoms with E-state index in [0.717, 1.165) is 25.7 Å². The first kappa shape index (κ1) is 17.9. The molecule has 5 heteroatoms. The summed E-state index contributed by atoms with van der Waals surface area (Å²) in [5.41, 5.74) is -0.582. The molecule has 0 radical (unpaired) electrons. The fraction of sp³-hybridized carbons (Fsp3) is 0.750. The van der Waals surface area contributed by atoms with Crippen molar-refractivity contribution >= 4 is 17.5 Å². The number of fused-ring (bicyclic) bond motifs is 7. The molecule has 0 N–H and O–H groups in total. The molecule has 0 amide bonds. The SMILES string of the molecule is C[C@]12CC=C3C(C4CC5(C#N)C(C(=O)CC[C@]35C)C4=O)C1CCC21CCC(=O)O1. The van der Waals surface area contributed by atoms with Gasteiger partial charge in [0, 0.05) is 29.6 Å². The third-order valence-electron chi connectivity index (χ3n) is 10.4. The third-order valence-corrected chi connectivity index (χ3v) is 10.4. The highest BCUT2D eigenvalue weighted by Gasteiger charge is 2.76. The van der Waals surface area contributed by atoms with Crippen LogP contribution in [0.5, 0.6) is 0 Å². The van der Waals surface area contributed by atoms with Crippen LogP contribution in [0.4, 0.5) is 0 Å². The van der Waals surface area contributed by atoms with E-state index < -0.39 is 22.3 Å². The summed E-state index contributed by atoms with van der Waals surface area (Å²) in [5.74, 6) is -0.728. The van der Waals surface area contributed by atoms with Gasteiger partial charge in [0.25, 0.3) is 0 Å². The Bertz CT molecular complexity index is 960. The predicted molar refractivity (Wildman–Crippen MR) is 102 cm³/mol. The number of Topliss-reactive ketones (excluding diaryl/α,β-unsaturated/α-hetero) is 2. The summed E-state index contributed by atoms with van der Waals surface area (Å²) < 4.78 is 5.98. The van der Waals surface area contributed by atoms with Crippen LogP contribution in [-0.4, -0.2) is 23.1 Å². The summed E-state index contributed by atoms with van der Waals surface area (Å²) in [4.78, 5) is 38.4. The van der Waals surface area contributed by atoms with E-state index in [2.05, 4.69) is 26.0 Å². The van der Waals surface area contributed by atoms with Crippen molar-refractivity contribution in [1.82, 2.24) is 0 Å². The van der Waals surface area contributed by atoms with Gasteiger partial charge in [0.05, 0.1) is 17.4 Å². The molecule has 2 bridgehead atoms. The minimum Gasteiger partial charge on any atom is -0.458 e. The number of hydrogen-bond donors (Lipinski definition) is 0. The number of ketones is 2. The molecule has 5 nitrogen and oxygen atoms in total. The lowest BCUT2D eigenvalue weighted by molar-refractivity contribution is -0.161. The first-order chi connectivity index (χ1) is 13.7. The van der Waals surface area contributed by atoms with Crippen LogP contribution in [0.25, 0.3) is 0 Å². The van der Waals surface area contributed by atoms with Crippen molar-refractivity contribution in [3.63, 3.8) is 0 Å². The molecule has 1 aliphatic heterocycles. The zero-order valence-electron chi connectivity index (χ0n) is 17.1. The van der Waals surface area contributed by atoms with E-state index in [-0.39, 0.29) is 40.7 Å². The Morgan fingerprint density at radius 1 is 1.14 bits per heavy atom. The summed E-state index contributed by atoms with van der Waals surface area (Å²) in [7, 11) is 0. The van der Waals surface area contributed by atoms with Crippen molar-refractivity contribution in [2.75, 3.05) is 0 Å². The number of ether oxygens (including phenoxy) is 1. The van der Waals surface area contributed by atoms with Crippen LogP contribution in [0.15, 0.2) is 11.6 Å².